The third-order valence-corrected chi connectivity index (χ3v) is 5.65. The summed E-state index contributed by atoms with van der Waals surface area (Å²) in [6.45, 7) is 2.52. The Morgan fingerprint density at radius 3 is 2.70 bits per heavy atom. The van der Waals surface area contributed by atoms with Crippen molar-refractivity contribution in [1.29, 1.82) is 0 Å². The molecular weight excluding hydrogens is 342 g/mol. The molecule has 3 atom stereocenters. The smallest absolute Gasteiger partial charge is 0.307 e. The minimum absolute atomic E-state index is 0.127. The Bertz CT molecular complexity index is 502. The van der Waals surface area contributed by atoms with Gasteiger partial charge in [-0.3, -0.25) is 9.59 Å². The van der Waals surface area contributed by atoms with Gasteiger partial charge in [0.05, 0.1) is 18.4 Å². The van der Waals surface area contributed by atoms with Crippen LogP contribution in [0, 0.1) is 17.8 Å². The highest BCUT2D eigenvalue weighted by Crippen LogP contribution is 2.38. The van der Waals surface area contributed by atoms with Crippen LogP contribution >= 0.6 is 27.3 Å². The molecule has 110 valence electrons. The van der Waals surface area contributed by atoms with Crippen molar-refractivity contribution in [2.24, 2.45) is 17.8 Å². The standard InChI is InChI=1S/C14H18BrNO3S/c1-2-8-3-11(12(4-8)14(18)19)13(17)16-6-10-5-9(15)7-20-10/h5,7-8,11-12H,2-4,6H2,1H3,(H,16,17)(H,18,19)/t8?,11-,12+/m0/s1. The number of carboxylic acid groups (broad SMARTS) is 1. The maximum absolute atomic E-state index is 12.2. The third kappa shape index (κ3) is 3.61. The molecule has 1 heterocycles. The number of aliphatic carboxylic acids is 1. The number of hydrogen-bond donors (Lipinski definition) is 2. The topological polar surface area (TPSA) is 66.4 Å². The van der Waals surface area contributed by atoms with E-state index in [9.17, 15) is 14.7 Å². The molecule has 1 aromatic rings. The number of nitrogens with one attached hydrogen (secondary N) is 1. The van der Waals surface area contributed by atoms with E-state index in [1.54, 1.807) is 11.3 Å². The minimum Gasteiger partial charge on any atom is -0.481 e. The van der Waals surface area contributed by atoms with Gasteiger partial charge < -0.3 is 10.4 Å². The van der Waals surface area contributed by atoms with Gasteiger partial charge in [-0.15, -0.1) is 11.3 Å². The Morgan fingerprint density at radius 2 is 2.15 bits per heavy atom. The van der Waals surface area contributed by atoms with Crippen LogP contribution in [-0.4, -0.2) is 17.0 Å². The second-order valence-corrected chi connectivity index (χ2v) is 7.16. The maximum atomic E-state index is 12.2. The van der Waals surface area contributed by atoms with Crippen molar-refractivity contribution >= 4 is 39.1 Å². The van der Waals surface area contributed by atoms with Crippen molar-refractivity contribution in [3.8, 4) is 0 Å². The molecule has 0 aromatic carbocycles. The fourth-order valence-electron chi connectivity index (χ4n) is 2.79. The molecule has 1 aromatic heterocycles. The number of carbonyl (C=O) groups excluding carboxylic acids is 1. The van der Waals surface area contributed by atoms with Gasteiger partial charge in [0.25, 0.3) is 0 Å². The summed E-state index contributed by atoms with van der Waals surface area (Å²) in [5.41, 5.74) is 0. The zero-order valence-corrected chi connectivity index (χ0v) is 13.7. The summed E-state index contributed by atoms with van der Waals surface area (Å²) < 4.78 is 1.00. The lowest BCUT2D eigenvalue weighted by molar-refractivity contribution is -0.146. The van der Waals surface area contributed by atoms with Gasteiger partial charge in [0.2, 0.25) is 5.91 Å². The van der Waals surface area contributed by atoms with Gasteiger partial charge in [0.15, 0.2) is 0 Å². The first kappa shape index (κ1) is 15.5. The molecular formula is C14H18BrNO3S. The molecule has 2 rings (SSSR count). The second-order valence-electron chi connectivity index (χ2n) is 5.25. The highest BCUT2D eigenvalue weighted by Gasteiger charge is 2.41. The van der Waals surface area contributed by atoms with Crippen molar-refractivity contribution in [3.05, 3.63) is 20.8 Å². The van der Waals surface area contributed by atoms with E-state index in [1.165, 1.54) is 0 Å². The summed E-state index contributed by atoms with van der Waals surface area (Å²) in [7, 11) is 0. The quantitative estimate of drug-likeness (QED) is 0.847. The molecule has 0 bridgehead atoms. The van der Waals surface area contributed by atoms with Gasteiger partial charge in [-0.2, -0.15) is 0 Å². The fourth-order valence-corrected chi connectivity index (χ4v) is 4.18. The molecule has 1 fully saturated rings. The number of amides is 1. The van der Waals surface area contributed by atoms with Crippen LogP contribution in [0.2, 0.25) is 0 Å². The first-order valence-corrected chi connectivity index (χ1v) is 8.42. The molecule has 0 aliphatic heterocycles. The number of carbonyl (C=O) groups is 2. The Hall–Kier alpha value is -0.880. The molecule has 1 aliphatic carbocycles. The van der Waals surface area contributed by atoms with Crippen molar-refractivity contribution < 1.29 is 14.7 Å². The fraction of sp³-hybridized carbons (Fsp3) is 0.571. The number of halogens is 1. The second kappa shape index (κ2) is 6.72. The normalized spacial score (nSPS) is 25.6. The number of rotatable bonds is 5. The Morgan fingerprint density at radius 1 is 1.45 bits per heavy atom. The summed E-state index contributed by atoms with van der Waals surface area (Å²) in [4.78, 5) is 24.5. The molecule has 0 spiro atoms. The van der Waals surface area contributed by atoms with E-state index in [2.05, 4.69) is 21.2 Å². The summed E-state index contributed by atoms with van der Waals surface area (Å²) in [5, 5.41) is 14.1. The Labute approximate surface area is 130 Å². The largest absolute Gasteiger partial charge is 0.481 e. The van der Waals surface area contributed by atoms with E-state index in [1.807, 2.05) is 18.4 Å². The van der Waals surface area contributed by atoms with Gasteiger partial charge in [0, 0.05) is 14.7 Å². The van der Waals surface area contributed by atoms with E-state index in [0.717, 1.165) is 15.8 Å². The van der Waals surface area contributed by atoms with Crippen LogP contribution in [0.5, 0.6) is 0 Å². The molecule has 1 saturated carbocycles. The lowest BCUT2D eigenvalue weighted by Gasteiger charge is -2.15. The molecule has 4 nitrogen and oxygen atoms in total. The van der Waals surface area contributed by atoms with Gasteiger partial charge in [0.1, 0.15) is 0 Å². The number of carboxylic acids is 1. The van der Waals surface area contributed by atoms with Crippen LogP contribution in [0.3, 0.4) is 0 Å². The Kier molecular flexibility index (Phi) is 5.21. The van der Waals surface area contributed by atoms with E-state index in [0.29, 0.717) is 25.3 Å². The summed E-state index contributed by atoms with van der Waals surface area (Å²) >= 11 is 4.94. The van der Waals surface area contributed by atoms with Crippen LogP contribution in [0.4, 0.5) is 0 Å². The van der Waals surface area contributed by atoms with Crippen molar-refractivity contribution in [2.75, 3.05) is 0 Å². The highest BCUT2D eigenvalue weighted by molar-refractivity contribution is 9.10. The maximum Gasteiger partial charge on any atom is 0.307 e. The lowest BCUT2D eigenvalue weighted by Crippen LogP contribution is -2.34. The van der Waals surface area contributed by atoms with E-state index in [4.69, 9.17) is 0 Å². The predicted molar refractivity (Wildman–Crippen MR) is 81.5 cm³/mol. The van der Waals surface area contributed by atoms with Crippen molar-refractivity contribution in [3.63, 3.8) is 0 Å². The van der Waals surface area contributed by atoms with E-state index < -0.39 is 11.9 Å². The molecule has 0 radical (unpaired) electrons. The molecule has 20 heavy (non-hydrogen) atoms. The zero-order chi connectivity index (χ0) is 14.7. The van der Waals surface area contributed by atoms with Gasteiger partial charge in [-0.05, 0) is 40.8 Å². The molecule has 0 saturated heterocycles. The summed E-state index contributed by atoms with van der Waals surface area (Å²) in [5.74, 6) is -1.54. The van der Waals surface area contributed by atoms with Gasteiger partial charge in [-0.25, -0.2) is 0 Å². The van der Waals surface area contributed by atoms with Gasteiger partial charge in [-0.1, -0.05) is 13.3 Å². The molecule has 2 N–H and O–H groups in total. The third-order valence-electron chi connectivity index (χ3n) is 3.95. The average molecular weight is 360 g/mol. The predicted octanol–water partition coefficient (Wildman–Crippen LogP) is 3.26. The van der Waals surface area contributed by atoms with Crippen molar-refractivity contribution in [1.82, 2.24) is 5.32 Å². The summed E-state index contributed by atoms with van der Waals surface area (Å²) in [6, 6.07) is 1.96. The van der Waals surface area contributed by atoms with E-state index in [-0.39, 0.29) is 11.8 Å². The zero-order valence-electron chi connectivity index (χ0n) is 11.3. The first-order chi connectivity index (χ1) is 9.51. The number of hydrogen-bond acceptors (Lipinski definition) is 3. The molecule has 1 aliphatic rings. The molecule has 1 unspecified atom stereocenters. The lowest BCUT2D eigenvalue weighted by atomic mass is 9.95. The van der Waals surface area contributed by atoms with E-state index >= 15 is 0 Å². The molecule has 1 amide bonds. The monoisotopic (exact) mass is 359 g/mol. The average Bonchev–Trinajstić information content (AvgIpc) is 3.02. The first-order valence-electron chi connectivity index (χ1n) is 6.74. The van der Waals surface area contributed by atoms with Crippen LogP contribution in [-0.2, 0) is 16.1 Å². The van der Waals surface area contributed by atoms with Crippen LogP contribution < -0.4 is 5.32 Å². The molecule has 6 heteroatoms. The SMILES string of the molecule is CCC1C[C@H](C(=O)NCc2cc(Br)cs2)[C@H](C(=O)O)C1. The number of thiophene rings is 1. The van der Waals surface area contributed by atoms with Crippen LogP contribution in [0.15, 0.2) is 15.9 Å². The van der Waals surface area contributed by atoms with Crippen molar-refractivity contribution in [2.45, 2.75) is 32.7 Å². The van der Waals surface area contributed by atoms with Crippen LogP contribution in [0.25, 0.3) is 0 Å². The summed E-state index contributed by atoms with van der Waals surface area (Å²) in [6.07, 6.45) is 2.24. The van der Waals surface area contributed by atoms with Gasteiger partial charge >= 0.3 is 5.97 Å². The minimum atomic E-state index is -0.847. The van der Waals surface area contributed by atoms with Crippen LogP contribution in [0.1, 0.15) is 31.1 Å². The highest BCUT2D eigenvalue weighted by atomic mass is 79.9. The Balaban J connectivity index is 1.95.